The molecule has 21 heavy (non-hydrogen) atoms. The van der Waals surface area contributed by atoms with E-state index in [1.165, 1.54) is 13.8 Å². The molecule has 0 saturated carbocycles. The number of rotatable bonds is 3. The second kappa shape index (κ2) is 5.22. The maximum atomic E-state index is 13.5. The molecule has 0 radical (unpaired) electrons. The maximum Gasteiger partial charge on any atom is 0.241 e. The number of hydrogen-bond donors (Lipinski definition) is 2. The van der Waals surface area contributed by atoms with Crippen LogP contribution in [0.25, 0.3) is 0 Å². The van der Waals surface area contributed by atoms with Gasteiger partial charge in [0.05, 0.1) is 22.1 Å². The molecule has 2 rings (SSSR count). The van der Waals surface area contributed by atoms with Gasteiger partial charge in [-0.25, -0.2) is 25.9 Å². The monoisotopic (exact) mass is 336 g/mol. The van der Waals surface area contributed by atoms with E-state index in [1.807, 2.05) is 0 Å². The van der Waals surface area contributed by atoms with Crippen molar-refractivity contribution in [3.63, 3.8) is 0 Å². The molecule has 6 nitrogen and oxygen atoms in total. The minimum absolute atomic E-state index is 0.0380. The molecule has 1 heterocycles. The zero-order valence-electron chi connectivity index (χ0n) is 11.7. The fraction of sp³-hybridized carbons (Fsp3) is 0.500. The van der Waals surface area contributed by atoms with Gasteiger partial charge >= 0.3 is 0 Å². The van der Waals surface area contributed by atoms with Gasteiger partial charge in [-0.2, -0.15) is 0 Å². The summed E-state index contributed by atoms with van der Waals surface area (Å²) in [6.45, 7) is 2.89. The van der Waals surface area contributed by atoms with Crippen LogP contribution in [0.5, 0.6) is 0 Å². The van der Waals surface area contributed by atoms with Crippen molar-refractivity contribution >= 4 is 25.5 Å². The van der Waals surface area contributed by atoms with Crippen LogP contribution < -0.4 is 10.5 Å². The Morgan fingerprint density at radius 3 is 2.52 bits per heavy atom. The van der Waals surface area contributed by atoms with Crippen molar-refractivity contribution in [2.24, 2.45) is 0 Å². The Bertz CT molecular complexity index is 788. The minimum atomic E-state index is -3.96. The number of nitrogen functional groups attached to an aromatic ring is 1. The van der Waals surface area contributed by atoms with Crippen molar-refractivity contribution in [1.29, 1.82) is 0 Å². The Morgan fingerprint density at radius 2 is 2.00 bits per heavy atom. The Labute approximate surface area is 123 Å². The lowest BCUT2D eigenvalue weighted by Gasteiger charge is -2.17. The van der Waals surface area contributed by atoms with E-state index in [4.69, 9.17) is 5.73 Å². The highest BCUT2D eigenvalue weighted by molar-refractivity contribution is 7.92. The Balaban J connectivity index is 2.40. The number of benzene rings is 1. The summed E-state index contributed by atoms with van der Waals surface area (Å²) in [6.07, 6.45) is 0.232. The van der Waals surface area contributed by atoms with Crippen LogP contribution in [-0.4, -0.2) is 34.4 Å². The number of sulfone groups is 1. The van der Waals surface area contributed by atoms with Crippen molar-refractivity contribution in [2.45, 2.75) is 31.2 Å². The first-order chi connectivity index (χ1) is 9.53. The molecular formula is C12H17FN2O4S2. The molecule has 0 aliphatic carbocycles. The molecule has 1 aliphatic rings. The molecular weight excluding hydrogens is 319 g/mol. The van der Waals surface area contributed by atoms with Crippen LogP contribution in [0.15, 0.2) is 11.0 Å². The van der Waals surface area contributed by atoms with Crippen molar-refractivity contribution in [3.8, 4) is 0 Å². The van der Waals surface area contributed by atoms with E-state index in [2.05, 4.69) is 4.72 Å². The van der Waals surface area contributed by atoms with Gasteiger partial charge in [-0.3, -0.25) is 0 Å². The molecule has 0 aromatic heterocycles. The summed E-state index contributed by atoms with van der Waals surface area (Å²) in [5, 5.41) is 0. The highest BCUT2D eigenvalue weighted by Crippen LogP contribution is 2.28. The van der Waals surface area contributed by atoms with E-state index in [9.17, 15) is 21.2 Å². The molecule has 0 bridgehead atoms. The summed E-state index contributed by atoms with van der Waals surface area (Å²) in [6, 6.07) is 0.396. The number of hydrogen-bond acceptors (Lipinski definition) is 5. The number of aryl methyl sites for hydroxylation is 1. The summed E-state index contributed by atoms with van der Waals surface area (Å²) in [5.74, 6) is -0.933. The number of sulfonamides is 1. The molecule has 1 unspecified atom stereocenters. The lowest BCUT2D eigenvalue weighted by Crippen LogP contribution is -2.36. The van der Waals surface area contributed by atoms with Crippen molar-refractivity contribution in [3.05, 3.63) is 23.0 Å². The van der Waals surface area contributed by atoms with E-state index >= 15 is 0 Å². The minimum Gasteiger partial charge on any atom is -0.396 e. The van der Waals surface area contributed by atoms with Gasteiger partial charge in [0.2, 0.25) is 10.0 Å². The summed E-state index contributed by atoms with van der Waals surface area (Å²) in [5.41, 5.74) is 5.67. The fourth-order valence-corrected chi connectivity index (χ4v) is 6.04. The molecule has 0 amide bonds. The van der Waals surface area contributed by atoms with Crippen molar-refractivity contribution in [1.82, 2.24) is 4.72 Å². The third kappa shape index (κ3) is 3.19. The first-order valence-electron chi connectivity index (χ1n) is 6.31. The smallest absolute Gasteiger partial charge is 0.241 e. The first-order valence-corrected chi connectivity index (χ1v) is 9.62. The molecule has 118 valence electrons. The number of halogens is 1. The maximum absolute atomic E-state index is 13.5. The average Bonchev–Trinajstić information content (AvgIpc) is 2.64. The van der Waals surface area contributed by atoms with Crippen molar-refractivity contribution in [2.75, 3.05) is 17.2 Å². The van der Waals surface area contributed by atoms with Crippen LogP contribution >= 0.6 is 0 Å². The second-order valence-electron chi connectivity index (χ2n) is 5.26. The van der Waals surface area contributed by atoms with E-state index < -0.39 is 31.7 Å². The highest BCUT2D eigenvalue weighted by atomic mass is 32.2. The normalized spacial score (nSPS) is 21.6. The van der Waals surface area contributed by atoms with Gasteiger partial charge in [0.15, 0.2) is 9.84 Å². The number of nitrogens with one attached hydrogen (secondary N) is 1. The summed E-state index contributed by atoms with van der Waals surface area (Å²) in [7, 11) is -7.15. The van der Waals surface area contributed by atoms with Crippen LogP contribution in [0.2, 0.25) is 0 Å². The predicted molar refractivity (Wildman–Crippen MR) is 77.7 cm³/mol. The standard InChI is InChI=1S/C12H17FN2O4S2/c1-7-5-10(13)11(14)8(2)12(7)21(18,19)15-9-3-4-20(16,17)6-9/h5,9,15H,3-4,6,14H2,1-2H3. The average molecular weight is 336 g/mol. The highest BCUT2D eigenvalue weighted by Gasteiger charge is 2.33. The van der Waals surface area contributed by atoms with Crippen molar-refractivity contribution < 1.29 is 21.2 Å². The SMILES string of the molecule is Cc1cc(F)c(N)c(C)c1S(=O)(=O)NC1CCS(=O)(=O)C1. The van der Waals surface area contributed by atoms with Crippen LogP contribution in [-0.2, 0) is 19.9 Å². The van der Waals surface area contributed by atoms with E-state index in [0.717, 1.165) is 6.07 Å². The third-order valence-corrected chi connectivity index (χ3v) is 7.10. The molecule has 1 fully saturated rings. The molecule has 9 heteroatoms. The van der Waals surface area contributed by atoms with Crippen LogP contribution in [0.1, 0.15) is 17.5 Å². The van der Waals surface area contributed by atoms with Gasteiger partial charge in [0, 0.05) is 6.04 Å². The topological polar surface area (TPSA) is 106 Å². The van der Waals surface area contributed by atoms with Gasteiger partial charge in [-0.15, -0.1) is 0 Å². The van der Waals surface area contributed by atoms with Gasteiger partial charge < -0.3 is 5.73 Å². The zero-order valence-corrected chi connectivity index (χ0v) is 13.3. The van der Waals surface area contributed by atoms with E-state index in [0.29, 0.717) is 0 Å². The Morgan fingerprint density at radius 1 is 1.38 bits per heavy atom. The molecule has 0 spiro atoms. The van der Waals surface area contributed by atoms with Gasteiger partial charge in [-0.1, -0.05) is 0 Å². The third-order valence-electron chi connectivity index (χ3n) is 3.53. The van der Waals surface area contributed by atoms with E-state index in [-0.39, 0.29) is 39.6 Å². The van der Waals surface area contributed by atoms with Gasteiger partial charge in [0.1, 0.15) is 5.82 Å². The molecule has 3 N–H and O–H groups in total. The largest absolute Gasteiger partial charge is 0.396 e. The summed E-state index contributed by atoms with van der Waals surface area (Å²) in [4.78, 5) is -0.0919. The fourth-order valence-electron chi connectivity index (χ4n) is 2.51. The molecule has 1 atom stereocenters. The van der Waals surface area contributed by atoms with Gasteiger partial charge in [0.25, 0.3) is 0 Å². The lowest BCUT2D eigenvalue weighted by molar-refractivity contribution is 0.560. The summed E-state index contributed by atoms with van der Waals surface area (Å²) < 4.78 is 63.5. The summed E-state index contributed by atoms with van der Waals surface area (Å²) >= 11 is 0. The van der Waals surface area contributed by atoms with Crippen LogP contribution in [0.4, 0.5) is 10.1 Å². The van der Waals surface area contributed by atoms with Crippen LogP contribution in [0.3, 0.4) is 0 Å². The molecule has 1 aromatic rings. The Hall–Kier alpha value is -1.19. The molecule has 1 aromatic carbocycles. The number of nitrogens with two attached hydrogens (primary N) is 1. The molecule has 1 saturated heterocycles. The zero-order chi connectivity index (χ0) is 16.0. The van der Waals surface area contributed by atoms with E-state index in [1.54, 1.807) is 0 Å². The predicted octanol–water partition coefficient (Wildman–Crippen LogP) is 0.490. The second-order valence-corrected chi connectivity index (χ2v) is 9.14. The number of anilines is 1. The molecule has 1 aliphatic heterocycles. The Kier molecular flexibility index (Phi) is 4.02. The lowest BCUT2D eigenvalue weighted by atomic mass is 10.1. The van der Waals surface area contributed by atoms with Gasteiger partial charge in [-0.05, 0) is 37.5 Å². The van der Waals surface area contributed by atoms with Crippen LogP contribution in [0, 0.1) is 19.7 Å². The first kappa shape index (κ1) is 16.2. The quantitative estimate of drug-likeness (QED) is 0.781.